The molecule has 0 aliphatic carbocycles. The highest BCUT2D eigenvalue weighted by atomic mass is 16.1. The molecule has 0 aromatic carbocycles. The molecule has 13 heavy (non-hydrogen) atoms. The van der Waals surface area contributed by atoms with Crippen LogP contribution >= 0.6 is 0 Å². The average Bonchev–Trinajstić information content (AvgIpc) is 2.49. The van der Waals surface area contributed by atoms with Crippen LogP contribution in [0.4, 0.5) is 5.82 Å². The molecule has 0 atom stereocenters. The van der Waals surface area contributed by atoms with Gasteiger partial charge in [-0.25, -0.2) is 4.98 Å². The number of rotatable bonds is 1. The van der Waals surface area contributed by atoms with Gasteiger partial charge in [0.15, 0.2) is 0 Å². The zero-order chi connectivity index (χ0) is 9.26. The Morgan fingerprint density at radius 3 is 3.15 bits per heavy atom. The maximum absolute atomic E-state index is 10.7. The van der Waals surface area contributed by atoms with Gasteiger partial charge in [0.2, 0.25) is 5.91 Å². The number of nitrogens with one attached hydrogen (secondary N) is 2. The zero-order valence-electron chi connectivity index (χ0n) is 7.03. The van der Waals surface area contributed by atoms with Crippen LogP contribution in [-0.2, 0) is 4.79 Å². The number of amides is 1. The number of aromatic nitrogens is 3. The summed E-state index contributed by atoms with van der Waals surface area (Å²) in [6.07, 6.45) is 3.32. The maximum atomic E-state index is 10.7. The quantitative estimate of drug-likeness (QED) is 0.678. The van der Waals surface area contributed by atoms with Gasteiger partial charge < -0.3 is 5.32 Å². The second-order valence-electron chi connectivity index (χ2n) is 2.71. The third-order valence-corrected chi connectivity index (χ3v) is 1.63. The molecule has 2 aromatic rings. The topological polar surface area (TPSA) is 70.7 Å². The molecule has 0 spiro atoms. The third kappa shape index (κ3) is 1.48. The van der Waals surface area contributed by atoms with Crippen LogP contribution in [0.1, 0.15) is 6.92 Å². The molecule has 0 aliphatic rings. The number of fused-ring (bicyclic) bond motifs is 1. The third-order valence-electron chi connectivity index (χ3n) is 1.63. The van der Waals surface area contributed by atoms with Crippen LogP contribution in [-0.4, -0.2) is 21.1 Å². The lowest BCUT2D eigenvalue weighted by atomic mass is 10.3. The second kappa shape index (κ2) is 2.85. The van der Waals surface area contributed by atoms with Crippen LogP contribution in [0.3, 0.4) is 0 Å². The smallest absolute Gasteiger partial charge is 0.222 e. The Morgan fingerprint density at radius 2 is 2.38 bits per heavy atom. The number of pyridine rings is 1. The fourth-order valence-corrected chi connectivity index (χ4v) is 1.09. The summed E-state index contributed by atoms with van der Waals surface area (Å²) >= 11 is 0. The Kier molecular flexibility index (Phi) is 1.70. The highest BCUT2D eigenvalue weighted by molar-refractivity contribution is 5.90. The van der Waals surface area contributed by atoms with E-state index in [0.717, 1.165) is 10.9 Å². The van der Waals surface area contributed by atoms with Gasteiger partial charge in [-0.15, -0.1) is 0 Å². The lowest BCUT2D eigenvalue weighted by molar-refractivity contribution is -0.114. The Morgan fingerprint density at radius 1 is 1.54 bits per heavy atom. The van der Waals surface area contributed by atoms with Crippen LogP contribution in [0, 0.1) is 0 Å². The summed E-state index contributed by atoms with van der Waals surface area (Å²) in [7, 11) is 0. The molecule has 5 nitrogen and oxygen atoms in total. The summed E-state index contributed by atoms with van der Waals surface area (Å²) in [6, 6.07) is 1.76. The first-order valence-corrected chi connectivity index (χ1v) is 3.82. The summed E-state index contributed by atoms with van der Waals surface area (Å²) in [5.41, 5.74) is 0.856. The minimum absolute atomic E-state index is 0.129. The van der Waals surface area contributed by atoms with Gasteiger partial charge in [0.05, 0.1) is 17.9 Å². The van der Waals surface area contributed by atoms with Crippen molar-refractivity contribution in [1.82, 2.24) is 15.2 Å². The SMILES string of the molecule is CC(=O)Nc1cc2cn[nH]c2cn1. The van der Waals surface area contributed by atoms with Crippen molar-refractivity contribution in [3.8, 4) is 0 Å². The first-order valence-electron chi connectivity index (χ1n) is 3.82. The number of carbonyl (C=O) groups excluding carboxylic acids is 1. The van der Waals surface area contributed by atoms with Gasteiger partial charge in [-0.1, -0.05) is 0 Å². The largest absolute Gasteiger partial charge is 0.311 e. The molecule has 0 saturated heterocycles. The molecule has 66 valence electrons. The predicted octanol–water partition coefficient (Wildman–Crippen LogP) is 0.916. The molecule has 0 unspecified atom stereocenters. The van der Waals surface area contributed by atoms with Crippen LogP contribution < -0.4 is 5.32 Å². The second-order valence-corrected chi connectivity index (χ2v) is 2.71. The van der Waals surface area contributed by atoms with Crippen LogP contribution in [0.25, 0.3) is 10.9 Å². The molecule has 1 amide bonds. The molecule has 0 fully saturated rings. The van der Waals surface area contributed by atoms with Gasteiger partial charge in [0, 0.05) is 12.3 Å². The van der Waals surface area contributed by atoms with Gasteiger partial charge in [0.1, 0.15) is 5.82 Å². The number of hydrogen-bond donors (Lipinski definition) is 2. The van der Waals surface area contributed by atoms with E-state index < -0.39 is 0 Å². The van der Waals surface area contributed by atoms with Gasteiger partial charge in [0.25, 0.3) is 0 Å². The minimum atomic E-state index is -0.129. The molecule has 2 heterocycles. The first-order chi connectivity index (χ1) is 6.25. The molecule has 0 saturated carbocycles. The van der Waals surface area contributed by atoms with E-state index in [2.05, 4.69) is 20.5 Å². The Bertz CT molecular complexity index is 448. The van der Waals surface area contributed by atoms with E-state index in [4.69, 9.17) is 0 Å². The van der Waals surface area contributed by atoms with E-state index in [1.165, 1.54) is 6.92 Å². The molecular formula is C8H8N4O. The maximum Gasteiger partial charge on any atom is 0.222 e. The highest BCUT2D eigenvalue weighted by Crippen LogP contribution is 2.12. The Hall–Kier alpha value is -1.91. The lowest BCUT2D eigenvalue weighted by Gasteiger charge is -1.98. The van der Waals surface area contributed by atoms with Crippen LogP contribution in [0.5, 0.6) is 0 Å². The van der Waals surface area contributed by atoms with Crippen molar-refractivity contribution in [2.75, 3.05) is 5.32 Å². The number of anilines is 1. The summed E-state index contributed by atoms with van der Waals surface area (Å²) in [5, 5.41) is 10.1. The van der Waals surface area contributed by atoms with Gasteiger partial charge >= 0.3 is 0 Å². The van der Waals surface area contributed by atoms with E-state index in [0.29, 0.717) is 5.82 Å². The zero-order valence-corrected chi connectivity index (χ0v) is 7.03. The number of hydrogen-bond acceptors (Lipinski definition) is 3. The van der Waals surface area contributed by atoms with Crippen molar-refractivity contribution in [2.45, 2.75) is 6.92 Å². The molecule has 2 N–H and O–H groups in total. The van der Waals surface area contributed by atoms with Gasteiger partial charge in [-0.2, -0.15) is 5.10 Å². The van der Waals surface area contributed by atoms with Gasteiger partial charge in [-0.05, 0) is 6.07 Å². The van der Waals surface area contributed by atoms with Gasteiger partial charge in [-0.3, -0.25) is 9.89 Å². The Balaban J connectivity index is 2.42. The molecule has 0 bridgehead atoms. The summed E-state index contributed by atoms with van der Waals surface area (Å²) in [6.45, 7) is 1.45. The van der Waals surface area contributed by atoms with Crippen LogP contribution in [0.15, 0.2) is 18.5 Å². The Labute approximate surface area is 74.2 Å². The minimum Gasteiger partial charge on any atom is -0.311 e. The van der Waals surface area contributed by atoms with Crippen molar-refractivity contribution in [3.05, 3.63) is 18.5 Å². The van der Waals surface area contributed by atoms with Crippen molar-refractivity contribution < 1.29 is 4.79 Å². The van der Waals surface area contributed by atoms with Crippen molar-refractivity contribution in [2.24, 2.45) is 0 Å². The molecular weight excluding hydrogens is 168 g/mol. The molecule has 0 radical (unpaired) electrons. The summed E-state index contributed by atoms with van der Waals surface area (Å²) in [5.74, 6) is 0.414. The molecule has 2 rings (SSSR count). The van der Waals surface area contributed by atoms with E-state index in [1.807, 2.05) is 0 Å². The molecule has 5 heteroatoms. The predicted molar refractivity (Wildman–Crippen MR) is 48.2 cm³/mol. The number of nitrogens with zero attached hydrogens (tertiary/aromatic N) is 2. The van der Waals surface area contributed by atoms with E-state index in [-0.39, 0.29) is 5.91 Å². The van der Waals surface area contributed by atoms with Crippen molar-refractivity contribution >= 4 is 22.6 Å². The number of aromatic amines is 1. The lowest BCUT2D eigenvalue weighted by Crippen LogP contribution is -2.06. The van der Waals surface area contributed by atoms with E-state index >= 15 is 0 Å². The summed E-state index contributed by atoms with van der Waals surface area (Å²) in [4.78, 5) is 14.7. The van der Waals surface area contributed by atoms with Crippen molar-refractivity contribution in [3.63, 3.8) is 0 Å². The average molecular weight is 176 g/mol. The van der Waals surface area contributed by atoms with E-state index in [1.54, 1.807) is 18.5 Å². The van der Waals surface area contributed by atoms with E-state index in [9.17, 15) is 4.79 Å². The molecule has 0 aliphatic heterocycles. The normalized spacial score (nSPS) is 10.2. The highest BCUT2D eigenvalue weighted by Gasteiger charge is 1.99. The monoisotopic (exact) mass is 176 g/mol. The van der Waals surface area contributed by atoms with Crippen LogP contribution in [0.2, 0.25) is 0 Å². The fraction of sp³-hybridized carbons (Fsp3) is 0.125. The van der Waals surface area contributed by atoms with Crippen molar-refractivity contribution in [1.29, 1.82) is 0 Å². The molecule has 2 aromatic heterocycles. The summed E-state index contributed by atoms with van der Waals surface area (Å²) < 4.78 is 0. The number of H-pyrrole nitrogens is 1. The standard InChI is InChI=1S/C8H8N4O/c1-5(13)11-8-2-6-3-10-12-7(6)4-9-8/h2-4H,1H3,(H,10,12)(H,9,11,13). The first kappa shape index (κ1) is 7.72. The fourth-order valence-electron chi connectivity index (χ4n) is 1.09. The number of carbonyl (C=O) groups is 1.